The lowest BCUT2D eigenvalue weighted by Gasteiger charge is -2.50. The lowest BCUT2D eigenvalue weighted by atomic mass is 9.59. The first-order valence-electron chi connectivity index (χ1n) is 7.36. The number of methoxy groups -OCH3 is 1. The van der Waals surface area contributed by atoms with Gasteiger partial charge in [0.25, 0.3) is 0 Å². The van der Waals surface area contributed by atoms with E-state index in [4.69, 9.17) is 10.5 Å². The van der Waals surface area contributed by atoms with E-state index in [0.717, 1.165) is 24.7 Å². The van der Waals surface area contributed by atoms with Crippen LogP contribution in [0.4, 0.5) is 0 Å². The van der Waals surface area contributed by atoms with Crippen LogP contribution in [0.3, 0.4) is 0 Å². The van der Waals surface area contributed by atoms with Gasteiger partial charge in [-0.3, -0.25) is 0 Å². The van der Waals surface area contributed by atoms with Crippen molar-refractivity contribution in [2.45, 2.75) is 58.5 Å². The lowest BCUT2D eigenvalue weighted by molar-refractivity contribution is -0.143. The maximum Gasteiger partial charge on any atom is 0.0945 e. The van der Waals surface area contributed by atoms with Gasteiger partial charge in [-0.25, -0.2) is 0 Å². The summed E-state index contributed by atoms with van der Waals surface area (Å²) in [5.41, 5.74) is 5.12. The van der Waals surface area contributed by atoms with E-state index in [-0.39, 0.29) is 5.41 Å². The summed E-state index contributed by atoms with van der Waals surface area (Å²) in [6.45, 7) is 7.58. The molecule has 0 aliphatic heterocycles. The van der Waals surface area contributed by atoms with Crippen molar-refractivity contribution in [2.24, 2.45) is 23.0 Å². The zero-order valence-electron chi connectivity index (χ0n) is 12.5. The highest BCUT2D eigenvalue weighted by atomic mass is 16.5. The Kier molecular flexibility index (Phi) is 5.63. The number of aliphatic hydroxyl groups is 1. The highest BCUT2D eigenvalue weighted by molar-refractivity contribution is 5.01. The van der Waals surface area contributed by atoms with E-state index >= 15 is 0 Å². The van der Waals surface area contributed by atoms with Crippen LogP contribution in [0.15, 0.2) is 0 Å². The molecule has 0 saturated heterocycles. The van der Waals surface area contributed by atoms with E-state index in [9.17, 15) is 5.11 Å². The molecule has 0 aromatic rings. The summed E-state index contributed by atoms with van der Waals surface area (Å²) in [7, 11) is 1.66. The van der Waals surface area contributed by atoms with Gasteiger partial charge in [-0.15, -0.1) is 0 Å². The number of rotatable bonds is 6. The molecule has 0 radical (unpaired) electrons. The van der Waals surface area contributed by atoms with Crippen LogP contribution < -0.4 is 5.73 Å². The fourth-order valence-electron chi connectivity index (χ4n) is 3.59. The molecular weight excluding hydrogens is 226 g/mol. The average Bonchev–Trinajstić information content (AvgIpc) is 2.38. The van der Waals surface area contributed by atoms with Crippen molar-refractivity contribution in [2.75, 3.05) is 20.3 Å². The van der Waals surface area contributed by atoms with Gasteiger partial charge in [0.1, 0.15) is 0 Å². The monoisotopic (exact) mass is 257 g/mol. The molecule has 0 aromatic carbocycles. The van der Waals surface area contributed by atoms with E-state index in [1.165, 1.54) is 12.8 Å². The molecule has 3 heteroatoms. The summed E-state index contributed by atoms with van der Waals surface area (Å²) >= 11 is 0. The Labute approximate surface area is 112 Å². The van der Waals surface area contributed by atoms with Gasteiger partial charge in [0.05, 0.1) is 12.2 Å². The predicted molar refractivity (Wildman–Crippen MR) is 75.4 cm³/mol. The second-order valence-electron chi connectivity index (χ2n) is 6.38. The van der Waals surface area contributed by atoms with Gasteiger partial charge in [-0.2, -0.15) is 0 Å². The molecule has 18 heavy (non-hydrogen) atoms. The predicted octanol–water partition coefficient (Wildman–Crippen LogP) is 2.57. The minimum absolute atomic E-state index is 0.150. The topological polar surface area (TPSA) is 55.5 Å². The van der Waals surface area contributed by atoms with Crippen molar-refractivity contribution in [3.8, 4) is 0 Å². The first-order chi connectivity index (χ1) is 8.44. The maximum atomic E-state index is 10.9. The second kappa shape index (κ2) is 6.36. The number of hydrogen-bond acceptors (Lipinski definition) is 3. The summed E-state index contributed by atoms with van der Waals surface area (Å²) < 4.78 is 5.25. The lowest BCUT2D eigenvalue weighted by Crippen LogP contribution is -2.56. The van der Waals surface area contributed by atoms with Gasteiger partial charge in [0, 0.05) is 19.1 Å². The van der Waals surface area contributed by atoms with Crippen LogP contribution >= 0.6 is 0 Å². The van der Waals surface area contributed by atoms with Crippen LogP contribution in [0.1, 0.15) is 52.9 Å². The van der Waals surface area contributed by atoms with E-state index in [0.29, 0.717) is 19.6 Å². The fourth-order valence-corrected chi connectivity index (χ4v) is 3.59. The molecule has 1 saturated carbocycles. The Bertz CT molecular complexity index is 247. The van der Waals surface area contributed by atoms with E-state index in [1.807, 2.05) is 6.92 Å². The first-order valence-corrected chi connectivity index (χ1v) is 7.36. The Morgan fingerprint density at radius 1 is 1.39 bits per heavy atom. The van der Waals surface area contributed by atoms with E-state index < -0.39 is 5.60 Å². The van der Waals surface area contributed by atoms with Crippen molar-refractivity contribution in [1.29, 1.82) is 0 Å². The molecular formula is C15H31NO2. The molecule has 1 unspecified atom stereocenters. The van der Waals surface area contributed by atoms with Crippen molar-refractivity contribution in [3.63, 3.8) is 0 Å². The molecule has 3 nitrogen and oxygen atoms in total. The zero-order valence-corrected chi connectivity index (χ0v) is 12.5. The van der Waals surface area contributed by atoms with Crippen LogP contribution in [-0.4, -0.2) is 31.0 Å². The normalized spacial score (nSPS) is 32.5. The minimum Gasteiger partial charge on any atom is -0.387 e. The van der Waals surface area contributed by atoms with Gasteiger partial charge in [-0.05, 0) is 43.9 Å². The van der Waals surface area contributed by atoms with Crippen LogP contribution in [0.5, 0.6) is 0 Å². The summed E-state index contributed by atoms with van der Waals surface area (Å²) in [4.78, 5) is 0. The third-order valence-corrected chi connectivity index (χ3v) is 5.28. The smallest absolute Gasteiger partial charge is 0.0945 e. The van der Waals surface area contributed by atoms with Crippen molar-refractivity contribution in [1.82, 2.24) is 0 Å². The molecule has 1 aliphatic rings. The van der Waals surface area contributed by atoms with Crippen molar-refractivity contribution >= 4 is 0 Å². The molecule has 1 fully saturated rings. The Hall–Kier alpha value is -0.120. The Balaban J connectivity index is 2.81. The SMILES string of the molecule is CCC(O)(COC)C1(CN)CCC(C(C)C)CC1. The van der Waals surface area contributed by atoms with Crippen molar-refractivity contribution < 1.29 is 9.84 Å². The highest BCUT2D eigenvalue weighted by Gasteiger charge is 2.50. The summed E-state index contributed by atoms with van der Waals surface area (Å²) in [6, 6.07) is 0. The Morgan fingerprint density at radius 2 is 1.94 bits per heavy atom. The van der Waals surface area contributed by atoms with Crippen molar-refractivity contribution in [3.05, 3.63) is 0 Å². The zero-order chi connectivity index (χ0) is 13.8. The van der Waals surface area contributed by atoms with Gasteiger partial charge in [0.2, 0.25) is 0 Å². The standard InChI is InChI=1S/C15H31NO2/c1-5-15(17,11-18-4)14(10-16)8-6-13(7-9-14)12(2)3/h12-13,17H,5-11,16H2,1-4H3. The third-order valence-electron chi connectivity index (χ3n) is 5.28. The molecule has 0 bridgehead atoms. The first kappa shape index (κ1) is 15.9. The number of nitrogens with two attached hydrogens (primary N) is 1. The van der Waals surface area contributed by atoms with Gasteiger partial charge in [0.15, 0.2) is 0 Å². The quantitative estimate of drug-likeness (QED) is 0.769. The second-order valence-corrected chi connectivity index (χ2v) is 6.38. The Morgan fingerprint density at radius 3 is 2.28 bits per heavy atom. The third kappa shape index (κ3) is 2.89. The largest absolute Gasteiger partial charge is 0.387 e. The number of ether oxygens (including phenoxy) is 1. The molecule has 0 amide bonds. The van der Waals surface area contributed by atoms with Gasteiger partial charge < -0.3 is 15.6 Å². The summed E-state index contributed by atoms with van der Waals surface area (Å²) in [5.74, 6) is 1.52. The molecule has 0 spiro atoms. The average molecular weight is 257 g/mol. The van der Waals surface area contributed by atoms with Crippen LogP contribution in [0.25, 0.3) is 0 Å². The summed E-state index contributed by atoms with van der Waals surface area (Å²) in [6.07, 6.45) is 5.13. The molecule has 3 N–H and O–H groups in total. The molecule has 108 valence electrons. The number of hydrogen-bond donors (Lipinski definition) is 2. The fraction of sp³-hybridized carbons (Fsp3) is 1.00. The van der Waals surface area contributed by atoms with Gasteiger partial charge in [-0.1, -0.05) is 20.8 Å². The molecule has 1 atom stereocenters. The molecule has 1 rings (SSSR count). The molecule has 0 aromatic heterocycles. The van der Waals surface area contributed by atoms with Crippen LogP contribution in [0.2, 0.25) is 0 Å². The van der Waals surface area contributed by atoms with Gasteiger partial charge >= 0.3 is 0 Å². The minimum atomic E-state index is -0.765. The molecule has 1 aliphatic carbocycles. The maximum absolute atomic E-state index is 10.9. The van der Waals surface area contributed by atoms with Crippen LogP contribution in [0, 0.1) is 17.3 Å². The molecule has 0 heterocycles. The summed E-state index contributed by atoms with van der Waals surface area (Å²) in [5, 5.41) is 10.9. The highest BCUT2D eigenvalue weighted by Crippen LogP contribution is 2.48. The van der Waals surface area contributed by atoms with E-state index in [1.54, 1.807) is 7.11 Å². The van der Waals surface area contributed by atoms with E-state index in [2.05, 4.69) is 13.8 Å². The van der Waals surface area contributed by atoms with Crippen LogP contribution in [-0.2, 0) is 4.74 Å².